The van der Waals surface area contributed by atoms with Gasteiger partial charge in [-0.15, -0.1) is 10.2 Å². The van der Waals surface area contributed by atoms with Gasteiger partial charge in [0.1, 0.15) is 5.69 Å². The Hall–Kier alpha value is -2.35. The van der Waals surface area contributed by atoms with Crippen LogP contribution in [0.25, 0.3) is 0 Å². The molecule has 128 valence electrons. The van der Waals surface area contributed by atoms with Crippen molar-refractivity contribution in [2.75, 3.05) is 11.6 Å². The fraction of sp³-hybridized carbons (Fsp3) is 0.375. The van der Waals surface area contributed by atoms with Crippen molar-refractivity contribution in [1.29, 1.82) is 0 Å². The zero-order chi connectivity index (χ0) is 17.5. The van der Waals surface area contributed by atoms with Gasteiger partial charge in [-0.3, -0.25) is 9.59 Å². The summed E-state index contributed by atoms with van der Waals surface area (Å²) in [6, 6.07) is 10.2. The summed E-state index contributed by atoms with van der Waals surface area (Å²) in [5.74, 6) is 5.63. The molecule has 7 nitrogen and oxygen atoms in total. The number of rotatable bonds is 7. The van der Waals surface area contributed by atoms with Crippen LogP contribution in [0.15, 0.2) is 40.3 Å². The van der Waals surface area contributed by atoms with Crippen LogP contribution >= 0.6 is 11.8 Å². The van der Waals surface area contributed by atoms with Gasteiger partial charge in [0, 0.05) is 6.04 Å². The zero-order valence-electron chi connectivity index (χ0n) is 13.7. The lowest BCUT2D eigenvalue weighted by Crippen LogP contribution is -2.35. The van der Waals surface area contributed by atoms with Gasteiger partial charge in [0.25, 0.3) is 5.56 Å². The van der Waals surface area contributed by atoms with E-state index < -0.39 is 5.56 Å². The Morgan fingerprint density at radius 2 is 2.04 bits per heavy atom. The molecule has 0 aliphatic carbocycles. The van der Waals surface area contributed by atoms with Gasteiger partial charge >= 0.3 is 0 Å². The van der Waals surface area contributed by atoms with Crippen molar-refractivity contribution in [1.82, 2.24) is 20.2 Å². The average molecular weight is 347 g/mol. The van der Waals surface area contributed by atoms with E-state index >= 15 is 0 Å². The van der Waals surface area contributed by atoms with Crippen LogP contribution in [0.2, 0.25) is 0 Å². The Kier molecular flexibility index (Phi) is 6.36. The molecule has 0 radical (unpaired) electrons. The molecule has 2 aromatic rings. The first kappa shape index (κ1) is 18.0. The van der Waals surface area contributed by atoms with E-state index in [1.54, 1.807) is 0 Å². The zero-order valence-corrected chi connectivity index (χ0v) is 14.5. The topological polar surface area (TPSA) is 103 Å². The van der Waals surface area contributed by atoms with E-state index in [0.717, 1.165) is 29.3 Å². The first-order valence-electron chi connectivity index (χ1n) is 7.65. The highest BCUT2D eigenvalue weighted by molar-refractivity contribution is 7.99. The molecule has 1 aromatic carbocycles. The van der Waals surface area contributed by atoms with Gasteiger partial charge < -0.3 is 11.2 Å². The van der Waals surface area contributed by atoms with Crippen LogP contribution in [0, 0.1) is 6.92 Å². The summed E-state index contributed by atoms with van der Waals surface area (Å²) in [6.45, 7) is 3.50. The summed E-state index contributed by atoms with van der Waals surface area (Å²) in [5.41, 5.74) is 1.06. The molecule has 0 saturated carbocycles. The molecule has 1 heterocycles. The van der Waals surface area contributed by atoms with E-state index in [1.165, 1.54) is 12.5 Å². The van der Waals surface area contributed by atoms with Crippen molar-refractivity contribution in [3.8, 4) is 0 Å². The maximum atomic E-state index is 12.0. The molecule has 1 amide bonds. The molecular formula is C16H21N5O2S. The van der Waals surface area contributed by atoms with Gasteiger partial charge in [0.05, 0.1) is 5.75 Å². The largest absolute Gasteiger partial charge is 0.353 e. The Labute approximate surface area is 144 Å². The maximum Gasteiger partial charge on any atom is 0.294 e. The number of nitrogen functional groups attached to an aromatic ring is 1. The number of aryl methyl sites for hydroxylation is 2. The molecule has 8 heteroatoms. The minimum atomic E-state index is -0.413. The molecule has 3 N–H and O–H groups in total. The van der Waals surface area contributed by atoms with Gasteiger partial charge in [-0.05, 0) is 32.3 Å². The van der Waals surface area contributed by atoms with Gasteiger partial charge in [0.15, 0.2) is 0 Å². The quantitative estimate of drug-likeness (QED) is 0.569. The number of thioether (sulfide) groups is 1. The van der Waals surface area contributed by atoms with Crippen molar-refractivity contribution < 1.29 is 4.79 Å². The lowest BCUT2D eigenvalue weighted by Gasteiger charge is -2.14. The normalized spacial score (nSPS) is 11.9. The van der Waals surface area contributed by atoms with Crippen molar-refractivity contribution in [2.24, 2.45) is 0 Å². The number of hydrogen-bond donors (Lipinski definition) is 2. The van der Waals surface area contributed by atoms with Crippen LogP contribution < -0.4 is 16.7 Å². The summed E-state index contributed by atoms with van der Waals surface area (Å²) in [7, 11) is 0. The van der Waals surface area contributed by atoms with E-state index in [4.69, 9.17) is 5.84 Å². The van der Waals surface area contributed by atoms with Crippen molar-refractivity contribution in [3.63, 3.8) is 0 Å². The molecule has 0 aliphatic rings. The second-order valence-electron chi connectivity index (χ2n) is 5.52. The fourth-order valence-corrected chi connectivity index (χ4v) is 2.78. The molecule has 24 heavy (non-hydrogen) atoms. The highest BCUT2D eigenvalue weighted by atomic mass is 32.2. The highest BCUT2D eigenvalue weighted by Gasteiger charge is 2.12. The molecule has 2 rings (SSSR count). The number of aromatic nitrogens is 3. The third kappa shape index (κ3) is 5.09. The van der Waals surface area contributed by atoms with Gasteiger partial charge in [-0.25, -0.2) is 0 Å². The summed E-state index contributed by atoms with van der Waals surface area (Å²) in [5, 5.41) is 10.7. The van der Waals surface area contributed by atoms with E-state index in [0.29, 0.717) is 0 Å². The third-order valence-corrected chi connectivity index (χ3v) is 4.41. The minimum absolute atomic E-state index is 0.0578. The number of benzene rings is 1. The Morgan fingerprint density at radius 1 is 1.33 bits per heavy atom. The highest BCUT2D eigenvalue weighted by Crippen LogP contribution is 2.11. The monoisotopic (exact) mass is 347 g/mol. The Morgan fingerprint density at radius 3 is 2.75 bits per heavy atom. The number of nitrogens with two attached hydrogens (primary N) is 1. The number of hydrogen-bond acceptors (Lipinski definition) is 6. The van der Waals surface area contributed by atoms with Crippen LogP contribution in [0.3, 0.4) is 0 Å². The van der Waals surface area contributed by atoms with Crippen molar-refractivity contribution >= 4 is 17.7 Å². The molecule has 0 fully saturated rings. The van der Waals surface area contributed by atoms with Crippen LogP contribution in [0.5, 0.6) is 0 Å². The molecule has 0 aliphatic heterocycles. The second-order valence-corrected chi connectivity index (χ2v) is 6.47. The standard InChI is InChI=1S/C16H21N5O2S/c1-11(8-9-13-6-4-3-5-7-13)18-14(22)10-24-16-20-19-12(2)15(23)21(16)17/h3-7,11H,8-10,17H2,1-2H3,(H,18,22)/t11-/m1/s1. The Balaban J connectivity index is 1.79. The van der Waals surface area contributed by atoms with E-state index in [1.807, 2.05) is 25.1 Å². The number of carbonyl (C=O) groups excluding carboxylic acids is 1. The number of nitrogens with zero attached hydrogens (tertiary/aromatic N) is 3. The second kappa shape index (κ2) is 8.49. The SMILES string of the molecule is Cc1nnc(SCC(=O)N[C@H](C)CCc2ccccc2)n(N)c1=O. The summed E-state index contributed by atoms with van der Waals surface area (Å²) in [6.07, 6.45) is 1.76. The number of nitrogens with one attached hydrogen (secondary N) is 1. The summed E-state index contributed by atoms with van der Waals surface area (Å²) < 4.78 is 0.916. The molecule has 0 saturated heterocycles. The molecule has 0 bridgehead atoms. The lowest BCUT2D eigenvalue weighted by atomic mass is 10.1. The lowest BCUT2D eigenvalue weighted by molar-refractivity contribution is -0.119. The minimum Gasteiger partial charge on any atom is -0.353 e. The molecule has 1 aromatic heterocycles. The van der Waals surface area contributed by atoms with Crippen LogP contribution in [0.1, 0.15) is 24.6 Å². The van der Waals surface area contributed by atoms with Gasteiger partial charge in [0.2, 0.25) is 11.1 Å². The van der Waals surface area contributed by atoms with Crippen molar-refractivity contribution in [2.45, 2.75) is 37.9 Å². The third-order valence-electron chi connectivity index (χ3n) is 3.47. The van der Waals surface area contributed by atoms with E-state index in [2.05, 4.69) is 27.6 Å². The van der Waals surface area contributed by atoms with Crippen molar-refractivity contribution in [3.05, 3.63) is 51.9 Å². The number of amides is 1. The molecule has 0 unspecified atom stereocenters. The average Bonchev–Trinajstić information content (AvgIpc) is 2.58. The summed E-state index contributed by atoms with van der Waals surface area (Å²) in [4.78, 5) is 23.6. The number of carbonyl (C=O) groups is 1. The first-order valence-corrected chi connectivity index (χ1v) is 8.63. The van der Waals surface area contributed by atoms with E-state index in [-0.39, 0.29) is 28.6 Å². The predicted octanol–water partition coefficient (Wildman–Crippen LogP) is 0.890. The van der Waals surface area contributed by atoms with Gasteiger partial charge in [-0.2, -0.15) is 4.68 Å². The molecular weight excluding hydrogens is 326 g/mol. The van der Waals surface area contributed by atoms with Crippen LogP contribution in [0.4, 0.5) is 0 Å². The van der Waals surface area contributed by atoms with Crippen LogP contribution in [-0.2, 0) is 11.2 Å². The smallest absolute Gasteiger partial charge is 0.294 e. The fourth-order valence-electron chi connectivity index (χ4n) is 2.11. The molecule has 1 atom stereocenters. The Bertz CT molecular complexity index is 748. The van der Waals surface area contributed by atoms with E-state index in [9.17, 15) is 9.59 Å². The van der Waals surface area contributed by atoms with Gasteiger partial charge in [-0.1, -0.05) is 42.1 Å². The molecule has 0 spiro atoms. The van der Waals surface area contributed by atoms with Crippen LogP contribution in [-0.4, -0.2) is 32.6 Å². The first-order chi connectivity index (χ1) is 11.5. The predicted molar refractivity (Wildman–Crippen MR) is 94.3 cm³/mol. The summed E-state index contributed by atoms with van der Waals surface area (Å²) >= 11 is 1.09. The maximum absolute atomic E-state index is 12.0.